The molecule has 0 unspecified atom stereocenters. The van der Waals surface area contributed by atoms with Gasteiger partial charge in [0.15, 0.2) is 0 Å². The molecule has 3 N–H and O–H groups in total. The summed E-state index contributed by atoms with van der Waals surface area (Å²) in [6.45, 7) is 3.58. The Morgan fingerprint density at radius 2 is 2.17 bits per heavy atom. The number of anilines is 2. The minimum absolute atomic E-state index is 0.474. The molecule has 1 fully saturated rings. The number of rotatable bonds is 6. The maximum atomic E-state index is 6.03. The maximum absolute atomic E-state index is 6.03. The van der Waals surface area contributed by atoms with E-state index in [1.165, 1.54) is 25.7 Å². The van der Waals surface area contributed by atoms with Gasteiger partial charge < -0.3 is 15.8 Å². The lowest BCUT2D eigenvalue weighted by Crippen LogP contribution is -2.17. The normalized spacial score (nSPS) is 16.3. The summed E-state index contributed by atoms with van der Waals surface area (Å²) in [5, 5.41) is 7.68. The van der Waals surface area contributed by atoms with E-state index in [4.69, 9.17) is 10.5 Å². The highest BCUT2D eigenvalue weighted by Gasteiger charge is 2.15. The van der Waals surface area contributed by atoms with Crippen LogP contribution in [0.25, 0.3) is 0 Å². The van der Waals surface area contributed by atoms with Crippen molar-refractivity contribution in [2.75, 3.05) is 24.2 Å². The summed E-state index contributed by atoms with van der Waals surface area (Å²) in [5.74, 6) is 0.905. The van der Waals surface area contributed by atoms with Gasteiger partial charge in [0, 0.05) is 13.6 Å². The van der Waals surface area contributed by atoms with E-state index in [-0.39, 0.29) is 0 Å². The lowest BCUT2D eigenvalue weighted by Gasteiger charge is -2.12. The summed E-state index contributed by atoms with van der Waals surface area (Å²) < 4.78 is 7.61. The van der Waals surface area contributed by atoms with Crippen molar-refractivity contribution >= 4 is 11.5 Å². The predicted molar refractivity (Wildman–Crippen MR) is 73.7 cm³/mol. The van der Waals surface area contributed by atoms with Gasteiger partial charge in [0.2, 0.25) is 0 Å². The molecule has 1 aliphatic carbocycles. The van der Waals surface area contributed by atoms with Gasteiger partial charge in [-0.05, 0) is 19.3 Å². The lowest BCUT2D eigenvalue weighted by atomic mass is 10.3. The molecule has 2 rings (SSSR count). The number of nitrogens with one attached hydrogen (secondary N) is 1. The molecule has 0 aromatic carbocycles. The first-order valence-corrected chi connectivity index (χ1v) is 6.89. The Kier molecular flexibility index (Phi) is 4.47. The van der Waals surface area contributed by atoms with Crippen molar-refractivity contribution in [1.29, 1.82) is 0 Å². The summed E-state index contributed by atoms with van der Waals surface area (Å²) in [5.41, 5.74) is 7.75. The average molecular weight is 252 g/mol. The van der Waals surface area contributed by atoms with Crippen LogP contribution in [0, 0.1) is 0 Å². The van der Waals surface area contributed by atoms with E-state index in [1.807, 2.05) is 11.7 Å². The Morgan fingerprint density at radius 1 is 1.44 bits per heavy atom. The summed E-state index contributed by atoms with van der Waals surface area (Å²) >= 11 is 0. The van der Waals surface area contributed by atoms with E-state index in [0.29, 0.717) is 6.10 Å². The van der Waals surface area contributed by atoms with Gasteiger partial charge in [-0.1, -0.05) is 19.8 Å². The van der Waals surface area contributed by atoms with Crippen LogP contribution in [0.3, 0.4) is 0 Å². The van der Waals surface area contributed by atoms with Gasteiger partial charge in [-0.3, -0.25) is 4.68 Å². The predicted octanol–water partition coefficient (Wildman–Crippen LogP) is 1.94. The molecule has 1 heterocycles. The molecule has 0 radical (unpaired) electrons. The fourth-order valence-corrected chi connectivity index (χ4v) is 2.52. The number of aryl methyl sites for hydroxylation is 2. The standard InChI is InChI=1S/C13H24N4O/c1-3-11-12(14)13(17(2)16-11)15-8-9-18-10-6-4-5-7-10/h10,15H,3-9,14H2,1-2H3. The zero-order valence-corrected chi connectivity index (χ0v) is 11.4. The van der Waals surface area contributed by atoms with E-state index in [9.17, 15) is 0 Å². The van der Waals surface area contributed by atoms with E-state index in [2.05, 4.69) is 17.3 Å². The molecular formula is C13H24N4O. The second-order valence-electron chi connectivity index (χ2n) is 4.89. The number of aromatic nitrogens is 2. The third-order valence-electron chi connectivity index (χ3n) is 3.55. The molecule has 1 aliphatic rings. The number of nitrogens with zero attached hydrogens (tertiary/aromatic N) is 2. The largest absolute Gasteiger partial charge is 0.394 e. The van der Waals surface area contributed by atoms with Crippen molar-refractivity contribution < 1.29 is 4.74 Å². The molecule has 5 nitrogen and oxygen atoms in total. The smallest absolute Gasteiger partial charge is 0.147 e. The van der Waals surface area contributed by atoms with Crippen LogP contribution in [0.1, 0.15) is 38.3 Å². The third kappa shape index (κ3) is 2.96. The molecule has 18 heavy (non-hydrogen) atoms. The van der Waals surface area contributed by atoms with Crippen molar-refractivity contribution in [2.24, 2.45) is 7.05 Å². The van der Waals surface area contributed by atoms with E-state index < -0.39 is 0 Å². The molecule has 5 heteroatoms. The van der Waals surface area contributed by atoms with Crippen LogP contribution in [-0.2, 0) is 18.2 Å². The van der Waals surface area contributed by atoms with Gasteiger partial charge in [-0.25, -0.2) is 0 Å². The molecule has 0 aliphatic heterocycles. The second-order valence-corrected chi connectivity index (χ2v) is 4.89. The van der Waals surface area contributed by atoms with Crippen molar-refractivity contribution in [3.63, 3.8) is 0 Å². The first-order valence-electron chi connectivity index (χ1n) is 6.89. The van der Waals surface area contributed by atoms with Crippen LogP contribution in [-0.4, -0.2) is 29.0 Å². The van der Waals surface area contributed by atoms with Crippen molar-refractivity contribution in [3.05, 3.63) is 5.69 Å². The summed E-state index contributed by atoms with van der Waals surface area (Å²) in [6.07, 6.45) is 6.39. The molecule has 1 saturated carbocycles. The number of hydrogen-bond acceptors (Lipinski definition) is 4. The molecule has 0 saturated heterocycles. The maximum Gasteiger partial charge on any atom is 0.147 e. The number of nitrogens with two attached hydrogens (primary N) is 1. The zero-order valence-electron chi connectivity index (χ0n) is 11.4. The highest BCUT2D eigenvalue weighted by atomic mass is 16.5. The molecule has 0 atom stereocenters. The molecule has 0 amide bonds. The quantitative estimate of drug-likeness (QED) is 0.759. The van der Waals surface area contributed by atoms with Gasteiger partial charge in [-0.2, -0.15) is 5.10 Å². The number of nitrogen functional groups attached to an aromatic ring is 1. The summed E-state index contributed by atoms with van der Waals surface area (Å²) in [4.78, 5) is 0. The van der Waals surface area contributed by atoms with Crippen molar-refractivity contribution in [3.8, 4) is 0 Å². The van der Waals surface area contributed by atoms with Gasteiger partial charge in [0.1, 0.15) is 5.82 Å². The van der Waals surface area contributed by atoms with E-state index in [0.717, 1.165) is 36.8 Å². The molecule has 0 bridgehead atoms. The van der Waals surface area contributed by atoms with Crippen LogP contribution >= 0.6 is 0 Å². The van der Waals surface area contributed by atoms with Gasteiger partial charge in [0.25, 0.3) is 0 Å². The molecule has 1 aromatic heterocycles. The van der Waals surface area contributed by atoms with Gasteiger partial charge in [0.05, 0.1) is 24.1 Å². The molecular weight excluding hydrogens is 228 g/mol. The monoisotopic (exact) mass is 252 g/mol. The van der Waals surface area contributed by atoms with Crippen LogP contribution in [0.2, 0.25) is 0 Å². The number of hydrogen-bond donors (Lipinski definition) is 2. The second kappa shape index (κ2) is 6.09. The molecule has 102 valence electrons. The SMILES string of the molecule is CCc1nn(C)c(NCCOC2CCCC2)c1N. The fraction of sp³-hybridized carbons (Fsp3) is 0.769. The average Bonchev–Trinajstić information content (AvgIpc) is 2.96. The summed E-state index contributed by atoms with van der Waals surface area (Å²) in [6, 6.07) is 0. The Hall–Kier alpha value is -1.23. The highest BCUT2D eigenvalue weighted by molar-refractivity contribution is 5.64. The van der Waals surface area contributed by atoms with E-state index >= 15 is 0 Å². The highest BCUT2D eigenvalue weighted by Crippen LogP contribution is 2.22. The fourth-order valence-electron chi connectivity index (χ4n) is 2.52. The first kappa shape index (κ1) is 13.2. The van der Waals surface area contributed by atoms with E-state index in [1.54, 1.807) is 0 Å². The Morgan fingerprint density at radius 3 is 2.78 bits per heavy atom. The Balaban J connectivity index is 1.77. The summed E-state index contributed by atoms with van der Waals surface area (Å²) in [7, 11) is 1.91. The van der Waals surface area contributed by atoms with Crippen molar-refractivity contribution in [2.45, 2.75) is 45.1 Å². The first-order chi connectivity index (χ1) is 8.72. The third-order valence-corrected chi connectivity index (χ3v) is 3.55. The van der Waals surface area contributed by atoms with Gasteiger partial charge >= 0.3 is 0 Å². The topological polar surface area (TPSA) is 65.1 Å². The lowest BCUT2D eigenvalue weighted by molar-refractivity contribution is 0.0658. The Bertz CT molecular complexity index is 383. The number of ether oxygens (including phenoxy) is 1. The molecule has 1 aromatic rings. The van der Waals surface area contributed by atoms with Crippen LogP contribution in [0.15, 0.2) is 0 Å². The van der Waals surface area contributed by atoms with Gasteiger partial charge in [-0.15, -0.1) is 0 Å². The molecule has 0 spiro atoms. The van der Waals surface area contributed by atoms with Crippen molar-refractivity contribution in [1.82, 2.24) is 9.78 Å². The van der Waals surface area contributed by atoms with Crippen LogP contribution in [0.5, 0.6) is 0 Å². The minimum Gasteiger partial charge on any atom is -0.394 e. The Labute approximate surface area is 109 Å². The zero-order chi connectivity index (χ0) is 13.0. The minimum atomic E-state index is 0.474. The van der Waals surface area contributed by atoms with Crippen LogP contribution < -0.4 is 11.1 Å². The van der Waals surface area contributed by atoms with Crippen LogP contribution in [0.4, 0.5) is 11.5 Å².